The zero-order valence-electron chi connectivity index (χ0n) is 25.6. The van der Waals surface area contributed by atoms with Crippen molar-refractivity contribution >= 4 is 46.9 Å². The minimum atomic E-state index is -4.92. The van der Waals surface area contributed by atoms with Crippen molar-refractivity contribution in [3.05, 3.63) is 47.5 Å². The van der Waals surface area contributed by atoms with Gasteiger partial charge in [-0.15, -0.1) is 0 Å². The Labute approximate surface area is 254 Å². The van der Waals surface area contributed by atoms with Crippen LogP contribution in [0.4, 0.5) is 13.2 Å². The predicted octanol–water partition coefficient (Wildman–Crippen LogP) is 2.78. The van der Waals surface area contributed by atoms with Gasteiger partial charge >= 0.3 is 32.4 Å². The Morgan fingerprint density at radius 2 is 1.16 bits per heavy atom. The Kier molecular flexibility index (Phi) is 8.49. The number of benzene rings is 2. The van der Waals surface area contributed by atoms with Crippen LogP contribution in [0, 0.1) is 0 Å². The van der Waals surface area contributed by atoms with E-state index in [1.54, 1.807) is 55.4 Å². The van der Waals surface area contributed by atoms with E-state index in [0.29, 0.717) is 6.07 Å². The molecule has 0 aliphatic carbocycles. The smallest absolute Gasteiger partial charge is 0.399 e. The van der Waals surface area contributed by atoms with Gasteiger partial charge in [0.25, 0.3) is 0 Å². The highest BCUT2D eigenvalue weighted by Crippen LogP contribution is 2.39. The van der Waals surface area contributed by atoms with Gasteiger partial charge in [0.1, 0.15) is 0 Å². The fraction of sp³-hybridized carbons (Fsp3) is 0.500. The zero-order chi connectivity index (χ0) is 33.3. The zero-order valence-corrected chi connectivity index (χ0v) is 26.4. The highest BCUT2D eigenvalue weighted by atomic mass is 32.2. The molecule has 0 radical (unpaired) electrons. The highest BCUT2D eigenvalue weighted by Gasteiger charge is 2.53. The van der Waals surface area contributed by atoms with E-state index < -0.39 is 92.1 Å². The van der Waals surface area contributed by atoms with Crippen LogP contribution in [-0.2, 0) is 44.2 Å². The summed E-state index contributed by atoms with van der Waals surface area (Å²) in [5.41, 5.74) is -0.0865. The van der Waals surface area contributed by atoms with Crippen LogP contribution in [0.2, 0.25) is 0 Å². The van der Waals surface area contributed by atoms with Gasteiger partial charge in [-0.2, -0.15) is 13.2 Å². The standard InChI is InChI=1S/C28H34B2F3NO9S/c1-24(2)25(3,4)41-29(40-24)18-9-16(23(36)39-22(35)15-34)10-20(13-18)44(37,38)21-12-17(28(31,32)33)11-19(14-21)30-42-26(5,6)27(7,8)43-30/h9-14H,15,34H2,1-8H3. The summed E-state index contributed by atoms with van der Waals surface area (Å²) in [4.78, 5) is 23.3. The number of hydrogen-bond donors (Lipinski definition) is 1. The Hall–Kier alpha value is -2.75. The second-order valence-corrected chi connectivity index (χ2v) is 14.7. The summed E-state index contributed by atoms with van der Waals surface area (Å²) < 4.78 is 98.7. The molecule has 4 rings (SSSR count). The van der Waals surface area contributed by atoms with Crippen LogP contribution in [0.15, 0.2) is 46.2 Å². The van der Waals surface area contributed by atoms with Gasteiger partial charge in [0.2, 0.25) is 9.84 Å². The van der Waals surface area contributed by atoms with Gasteiger partial charge in [0.05, 0.1) is 49.9 Å². The second-order valence-electron chi connectivity index (χ2n) is 12.7. The summed E-state index contributed by atoms with van der Waals surface area (Å²) >= 11 is 0. The summed E-state index contributed by atoms with van der Waals surface area (Å²) in [6.07, 6.45) is -4.92. The molecule has 0 amide bonds. The lowest BCUT2D eigenvalue weighted by molar-refractivity contribution is -0.138. The van der Waals surface area contributed by atoms with Crippen LogP contribution < -0.4 is 16.7 Å². The van der Waals surface area contributed by atoms with Gasteiger partial charge in [0.15, 0.2) is 0 Å². The van der Waals surface area contributed by atoms with Crippen LogP contribution >= 0.6 is 0 Å². The SMILES string of the molecule is CC1(C)OB(c2cc(C(=O)OC(=O)CN)cc(S(=O)(=O)c3cc(B4OC(C)(C)C(C)(C)O4)cc(C(F)(F)F)c3)c2)OC1(C)C. The Bertz CT molecular complexity index is 1580. The van der Waals surface area contributed by atoms with E-state index in [0.717, 1.165) is 24.3 Å². The maximum Gasteiger partial charge on any atom is 0.494 e. The normalized spacial score (nSPS) is 20.5. The Morgan fingerprint density at radius 3 is 1.57 bits per heavy atom. The van der Waals surface area contributed by atoms with E-state index in [1.165, 1.54) is 6.07 Å². The van der Waals surface area contributed by atoms with Gasteiger partial charge < -0.3 is 29.1 Å². The van der Waals surface area contributed by atoms with Crippen molar-refractivity contribution in [3.63, 3.8) is 0 Å². The van der Waals surface area contributed by atoms with Crippen molar-refractivity contribution in [1.29, 1.82) is 0 Å². The minimum Gasteiger partial charge on any atom is -0.399 e. The molecule has 0 unspecified atom stereocenters. The number of esters is 2. The molecule has 0 bridgehead atoms. The van der Waals surface area contributed by atoms with E-state index in [4.69, 9.17) is 24.4 Å². The van der Waals surface area contributed by atoms with E-state index in [1.807, 2.05) is 0 Å². The molecule has 0 atom stereocenters. The largest absolute Gasteiger partial charge is 0.494 e. The predicted molar refractivity (Wildman–Crippen MR) is 154 cm³/mol. The lowest BCUT2D eigenvalue weighted by atomic mass is 9.78. The first-order valence-electron chi connectivity index (χ1n) is 13.7. The summed E-state index contributed by atoms with van der Waals surface area (Å²) in [7, 11) is -7.25. The number of carbonyl (C=O) groups is 2. The number of rotatable bonds is 6. The first kappa shape index (κ1) is 34.1. The molecule has 0 aromatic heterocycles. The topological polar surface area (TPSA) is 140 Å². The van der Waals surface area contributed by atoms with Gasteiger partial charge in [-0.3, -0.25) is 4.79 Å². The van der Waals surface area contributed by atoms with E-state index in [-0.39, 0.29) is 10.9 Å². The summed E-state index contributed by atoms with van der Waals surface area (Å²) in [5, 5.41) is 0. The number of halogens is 3. The molecule has 2 saturated heterocycles. The van der Waals surface area contributed by atoms with Gasteiger partial charge in [-0.05, 0) is 96.6 Å². The third kappa shape index (κ3) is 6.33. The molecule has 0 saturated carbocycles. The number of alkyl halides is 3. The Morgan fingerprint density at radius 1 is 0.750 bits per heavy atom. The van der Waals surface area contributed by atoms with Crippen LogP contribution in [0.25, 0.3) is 0 Å². The number of sulfone groups is 1. The molecule has 2 aliphatic heterocycles. The average Bonchev–Trinajstić information content (AvgIpc) is 3.26. The van der Waals surface area contributed by atoms with Crippen LogP contribution in [-0.4, -0.2) is 63.5 Å². The summed E-state index contributed by atoms with van der Waals surface area (Å²) in [5.74, 6) is -2.30. The third-order valence-corrected chi connectivity index (χ3v) is 10.2. The van der Waals surface area contributed by atoms with Crippen LogP contribution in [0.3, 0.4) is 0 Å². The lowest BCUT2D eigenvalue weighted by Crippen LogP contribution is -2.41. The molecular formula is C28H34B2F3NO9S. The molecule has 2 aliphatic rings. The fourth-order valence-electron chi connectivity index (χ4n) is 4.41. The van der Waals surface area contributed by atoms with Crippen molar-refractivity contribution in [2.75, 3.05) is 6.54 Å². The lowest BCUT2D eigenvalue weighted by Gasteiger charge is -2.32. The molecule has 0 spiro atoms. The Balaban J connectivity index is 1.88. The second kappa shape index (κ2) is 11.0. The monoisotopic (exact) mass is 639 g/mol. The number of carbonyl (C=O) groups excluding carboxylic acids is 2. The average molecular weight is 639 g/mol. The quantitative estimate of drug-likeness (QED) is 0.285. The molecule has 10 nitrogen and oxygen atoms in total. The third-order valence-electron chi connectivity index (χ3n) is 8.47. The molecule has 2 aromatic carbocycles. The molecule has 2 N–H and O–H groups in total. The van der Waals surface area contributed by atoms with Crippen molar-refractivity contribution in [1.82, 2.24) is 0 Å². The minimum absolute atomic E-state index is 0.0510. The van der Waals surface area contributed by atoms with E-state index >= 15 is 0 Å². The number of hydrogen-bond acceptors (Lipinski definition) is 10. The van der Waals surface area contributed by atoms with Gasteiger partial charge in [0, 0.05) is 0 Å². The highest BCUT2D eigenvalue weighted by molar-refractivity contribution is 7.91. The molecule has 2 aromatic rings. The van der Waals surface area contributed by atoms with Crippen molar-refractivity contribution in [2.24, 2.45) is 5.73 Å². The van der Waals surface area contributed by atoms with Crippen LogP contribution in [0.5, 0.6) is 0 Å². The van der Waals surface area contributed by atoms with Crippen molar-refractivity contribution in [2.45, 2.75) is 93.8 Å². The first-order valence-corrected chi connectivity index (χ1v) is 15.2. The molecule has 2 heterocycles. The summed E-state index contributed by atoms with van der Waals surface area (Å²) in [6, 6.07) is 5.53. The number of ether oxygens (including phenoxy) is 1. The first-order chi connectivity index (χ1) is 19.9. The molecule has 238 valence electrons. The van der Waals surface area contributed by atoms with Gasteiger partial charge in [-0.1, -0.05) is 6.07 Å². The molecular weight excluding hydrogens is 605 g/mol. The summed E-state index contributed by atoms with van der Waals surface area (Å²) in [6.45, 7) is 13.2. The van der Waals surface area contributed by atoms with Crippen LogP contribution in [0.1, 0.15) is 71.3 Å². The molecule has 44 heavy (non-hydrogen) atoms. The van der Waals surface area contributed by atoms with Crippen molar-refractivity contribution < 1.29 is 54.5 Å². The van der Waals surface area contributed by atoms with Crippen molar-refractivity contribution in [3.8, 4) is 0 Å². The maximum absolute atomic E-state index is 14.1. The fourth-order valence-corrected chi connectivity index (χ4v) is 5.83. The van der Waals surface area contributed by atoms with Gasteiger partial charge in [-0.25, -0.2) is 13.2 Å². The van der Waals surface area contributed by atoms with E-state index in [9.17, 15) is 31.2 Å². The number of nitrogens with two attached hydrogens (primary N) is 1. The molecule has 16 heteroatoms. The molecule has 2 fully saturated rings. The van der Waals surface area contributed by atoms with E-state index in [2.05, 4.69) is 4.74 Å². The maximum atomic E-state index is 14.1.